The van der Waals surface area contributed by atoms with E-state index in [0.29, 0.717) is 0 Å². The minimum Gasteiger partial charge on any atom is -0.396 e. The molecule has 1 saturated heterocycles. The third kappa shape index (κ3) is 1.84. The van der Waals surface area contributed by atoms with Crippen LogP contribution >= 0.6 is 12.4 Å². The highest BCUT2D eigenvalue weighted by Crippen LogP contribution is 2.06. The lowest BCUT2D eigenvalue weighted by molar-refractivity contribution is -0.123. The van der Waals surface area contributed by atoms with Crippen LogP contribution in [0.15, 0.2) is 0 Å². The van der Waals surface area contributed by atoms with Gasteiger partial charge in [-0.2, -0.15) is 0 Å². The maximum Gasteiger partial charge on any atom is 0.225 e. The van der Waals surface area contributed by atoms with Gasteiger partial charge in [0.25, 0.3) is 0 Å². The van der Waals surface area contributed by atoms with E-state index < -0.39 is 0 Å². The molecule has 0 aliphatic carbocycles. The summed E-state index contributed by atoms with van der Waals surface area (Å²) in [7, 11) is 0. The lowest BCUT2D eigenvalue weighted by Gasteiger charge is -1.96. The van der Waals surface area contributed by atoms with Crippen molar-refractivity contribution in [1.82, 2.24) is 5.32 Å². The van der Waals surface area contributed by atoms with Gasteiger partial charge in [0.05, 0.1) is 12.5 Å². The summed E-state index contributed by atoms with van der Waals surface area (Å²) in [6.45, 7) is 0.718. The van der Waals surface area contributed by atoms with Gasteiger partial charge >= 0.3 is 0 Å². The molecule has 0 spiro atoms. The smallest absolute Gasteiger partial charge is 0.225 e. The summed E-state index contributed by atoms with van der Waals surface area (Å²) in [6, 6.07) is 0. The Hall–Kier alpha value is -0.280. The van der Waals surface area contributed by atoms with E-state index in [1.807, 2.05) is 0 Å². The highest BCUT2D eigenvalue weighted by atomic mass is 35.5. The van der Waals surface area contributed by atoms with E-state index in [9.17, 15) is 4.79 Å². The van der Waals surface area contributed by atoms with Gasteiger partial charge in [-0.25, -0.2) is 0 Å². The summed E-state index contributed by atoms with van der Waals surface area (Å²) in [6.07, 6.45) is 0.787. The molecule has 2 N–H and O–H groups in total. The fraction of sp³-hybridized carbons (Fsp3) is 0.800. The predicted molar refractivity (Wildman–Crippen MR) is 35.5 cm³/mol. The molecule has 0 unspecified atom stereocenters. The molecule has 1 amide bonds. The van der Waals surface area contributed by atoms with Gasteiger partial charge in [0, 0.05) is 6.54 Å². The maximum absolute atomic E-state index is 10.5. The number of nitrogens with one attached hydrogen (secondary N) is 1. The molecule has 0 radical (unpaired) electrons. The Morgan fingerprint density at radius 2 is 2.44 bits per heavy atom. The summed E-state index contributed by atoms with van der Waals surface area (Å²) in [5, 5.41) is 11.1. The van der Waals surface area contributed by atoms with E-state index in [1.165, 1.54) is 0 Å². The first-order valence-corrected chi connectivity index (χ1v) is 2.73. The Kier molecular flexibility index (Phi) is 3.58. The topological polar surface area (TPSA) is 49.3 Å². The van der Waals surface area contributed by atoms with E-state index in [1.54, 1.807) is 0 Å². The predicted octanol–water partition coefficient (Wildman–Crippen LogP) is -0.463. The van der Waals surface area contributed by atoms with E-state index in [-0.39, 0.29) is 30.8 Å². The number of amides is 1. The van der Waals surface area contributed by atoms with Crippen molar-refractivity contribution in [1.29, 1.82) is 0 Å². The lowest BCUT2D eigenvalue weighted by atomic mass is 10.1. The normalized spacial score (nSPS) is 25.0. The van der Waals surface area contributed by atoms with Gasteiger partial charge in [-0.15, -0.1) is 12.4 Å². The van der Waals surface area contributed by atoms with Gasteiger partial charge in [-0.3, -0.25) is 4.79 Å². The van der Waals surface area contributed by atoms with Crippen LogP contribution in [0.1, 0.15) is 6.42 Å². The Labute approximate surface area is 59.9 Å². The van der Waals surface area contributed by atoms with Crippen LogP contribution in [-0.2, 0) is 4.79 Å². The van der Waals surface area contributed by atoms with Crippen LogP contribution in [0, 0.1) is 5.92 Å². The van der Waals surface area contributed by atoms with E-state index in [0.717, 1.165) is 13.0 Å². The fourth-order valence-corrected chi connectivity index (χ4v) is 0.819. The number of aliphatic hydroxyl groups is 1. The number of rotatable bonds is 1. The van der Waals surface area contributed by atoms with E-state index in [2.05, 4.69) is 5.32 Å². The van der Waals surface area contributed by atoms with Gasteiger partial charge in [0.15, 0.2) is 0 Å². The Morgan fingerprint density at radius 3 is 2.67 bits per heavy atom. The second-order valence-corrected chi connectivity index (χ2v) is 1.96. The number of aliphatic hydroxyl groups excluding tert-OH is 1. The van der Waals surface area contributed by atoms with Gasteiger partial charge < -0.3 is 10.4 Å². The molecule has 0 aromatic carbocycles. The molecule has 0 aromatic rings. The summed E-state index contributed by atoms with van der Waals surface area (Å²) in [4.78, 5) is 10.5. The van der Waals surface area contributed by atoms with Gasteiger partial charge in [0.2, 0.25) is 5.91 Å². The molecule has 1 aliphatic rings. The molecule has 1 heterocycles. The first-order valence-electron chi connectivity index (χ1n) is 2.73. The lowest BCUT2D eigenvalue weighted by Crippen LogP contribution is -2.20. The molecule has 4 heteroatoms. The third-order valence-corrected chi connectivity index (χ3v) is 1.38. The van der Waals surface area contributed by atoms with Crippen molar-refractivity contribution >= 4 is 18.3 Å². The van der Waals surface area contributed by atoms with Crippen LogP contribution in [0.25, 0.3) is 0 Å². The molecular formula is C5H10ClNO2. The molecule has 1 fully saturated rings. The van der Waals surface area contributed by atoms with E-state index >= 15 is 0 Å². The van der Waals surface area contributed by atoms with Crippen molar-refractivity contribution in [3.05, 3.63) is 0 Å². The quantitative estimate of drug-likeness (QED) is 0.533. The second-order valence-electron chi connectivity index (χ2n) is 1.96. The Morgan fingerprint density at radius 1 is 1.78 bits per heavy atom. The van der Waals surface area contributed by atoms with E-state index in [4.69, 9.17) is 5.11 Å². The average molecular weight is 152 g/mol. The van der Waals surface area contributed by atoms with Crippen LogP contribution in [0.4, 0.5) is 0 Å². The largest absolute Gasteiger partial charge is 0.396 e. The molecule has 1 atom stereocenters. The average Bonchev–Trinajstić information content (AvgIpc) is 2.14. The third-order valence-electron chi connectivity index (χ3n) is 1.38. The van der Waals surface area contributed by atoms with Crippen LogP contribution in [-0.4, -0.2) is 24.2 Å². The number of hydrogen-bond acceptors (Lipinski definition) is 2. The minimum absolute atomic E-state index is 0. The number of halogens is 1. The van der Waals surface area contributed by atoms with Crippen molar-refractivity contribution in [2.75, 3.05) is 13.2 Å². The molecule has 0 aromatic heterocycles. The summed E-state index contributed by atoms with van der Waals surface area (Å²) in [5.74, 6) is -0.137. The summed E-state index contributed by atoms with van der Waals surface area (Å²) in [5.41, 5.74) is 0. The fourth-order valence-electron chi connectivity index (χ4n) is 0.819. The van der Waals surface area contributed by atoms with Crippen LogP contribution in [0.3, 0.4) is 0 Å². The zero-order valence-electron chi connectivity index (χ0n) is 4.96. The molecule has 1 rings (SSSR count). The molecule has 0 bridgehead atoms. The highest BCUT2D eigenvalue weighted by Gasteiger charge is 2.22. The first kappa shape index (κ1) is 8.72. The Balaban J connectivity index is 0.000000640. The Bertz CT molecular complexity index is 107. The van der Waals surface area contributed by atoms with Crippen molar-refractivity contribution in [2.45, 2.75) is 6.42 Å². The molecule has 1 aliphatic heterocycles. The summed E-state index contributed by atoms with van der Waals surface area (Å²) >= 11 is 0. The number of carbonyl (C=O) groups is 1. The van der Waals surface area contributed by atoms with Crippen LogP contribution in [0.2, 0.25) is 0 Å². The maximum atomic E-state index is 10.5. The van der Waals surface area contributed by atoms with Crippen molar-refractivity contribution in [2.24, 2.45) is 5.92 Å². The van der Waals surface area contributed by atoms with Crippen molar-refractivity contribution in [3.63, 3.8) is 0 Å². The second kappa shape index (κ2) is 3.69. The number of hydrogen-bond donors (Lipinski definition) is 2. The monoisotopic (exact) mass is 151 g/mol. The standard InChI is InChI=1S/C5H9NO2.ClH/c7-3-4-1-2-6-5(4)8;/h4,7H,1-3H2,(H,6,8);1H/t4-;/m1./s1. The molecular weight excluding hydrogens is 142 g/mol. The molecule has 9 heavy (non-hydrogen) atoms. The molecule has 3 nitrogen and oxygen atoms in total. The van der Waals surface area contributed by atoms with Gasteiger partial charge in [-0.1, -0.05) is 0 Å². The van der Waals surface area contributed by atoms with Gasteiger partial charge in [0.1, 0.15) is 0 Å². The van der Waals surface area contributed by atoms with Crippen LogP contribution in [0.5, 0.6) is 0 Å². The van der Waals surface area contributed by atoms with Crippen LogP contribution < -0.4 is 5.32 Å². The number of carbonyl (C=O) groups excluding carboxylic acids is 1. The first-order chi connectivity index (χ1) is 3.84. The van der Waals surface area contributed by atoms with Crippen molar-refractivity contribution < 1.29 is 9.90 Å². The summed E-state index contributed by atoms with van der Waals surface area (Å²) < 4.78 is 0. The molecule has 54 valence electrons. The zero-order chi connectivity index (χ0) is 5.98. The highest BCUT2D eigenvalue weighted by molar-refractivity contribution is 5.85. The van der Waals surface area contributed by atoms with Gasteiger partial charge in [-0.05, 0) is 6.42 Å². The zero-order valence-corrected chi connectivity index (χ0v) is 5.78. The molecule has 0 saturated carbocycles. The van der Waals surface area contributed by atoms with Crippen molar-refractivity contribution in [3.8, 4) is 0 Å². The minimum atomic E-state index is -0.130. The SMILES string of the molecule is Cl.O=C1NCC[C@@H]1CO.